The molecule has 6 N–H and O–H groups in total. The Morgan fingerprint density at radius 1 is 0.744 bits per heavy atom. The van der Waals surface area contributed by atoms with Gasteiger partial charge in [-0.25, -0.2) is 4.79 Å². The van der Waals surface area contributed by atoms with Crippen molar-refractivity contribution in [3.05, 3.63) is 74.6 Å². The molecule has 2 aromatic heterocycles. The predicted molar refractivity (Wildman–Crippen MR) is 160 cm³/mol. The fourth-order valence-corrected chi connectivity index (χ4v) is 5.87. The summed E-state index contributed by atoms with van der Waals surface area (Å²) in [4.78, 5) is 78.0. The highest BCUT2D eigenvalue weighted by atomic mass is 32.1. The number of aliphatic carboxylic acids is 1. The molecule has 226 valence electrons. The molecule has 43 heavy (non-hydrogen) atoms. The van der Waals surface area contributed by atoms with Gasteiger partial charge in [0.15, 0.2) is 0 Å². The number of carboxylic acid groups (broad SMARTS) is 1. The van der Waals surface area contributed by atoms with Crippen molar-refractivity contribution >= 4 is 63.9 Å². The number of amides is 5. The summed E-state index contributed by atoms with van der Waals surface area (Å²) < 4.78 is 0. The first-order valence-corrected chi connectivity index (χ1v) is 15.3. The number of hydrogen-bond donors (Lipinski definition) is 6. The summed E-state index contributed by atoms with van der Waals surface area (Å²) in [6.07, 6.45) is -0.0631. The molecule has 0 aliphatic carbocycles. The number of carboxylic acids is 1. The SMILES string of the molecule is O=C1CCC(=O)N[C@H](Cc2cccs2)C(=O)NCC(=O)N[C@H](Cc2cccs2)C(=O)N[C@H](C(=O)O)Cc2ccc(cc2)N1. The number of anilines is 1. The maximum atomic E-state index is 13.3. The largest absolute Gasteiger partial charge is 0.480 e. The van der Waals surface area contributed by atoms with Gasteiger partial charge in [0.05, 0.1) is 6.54 Å². The van der Waals surface area contributed by atoms with Gasteiger partial charge in [0.2, 0.25) is 29.5 Å². The van der Waals surface area contributed by atoms with E-state index in [-0.39, 0.29) is 32.1 Å². The van der Waals surface area contributed by atoms with Crippen molar-refractivity contribution in [1.82, 2.24) is 21.3 Å². The summed E-state index contributed by atoms with van der Waals surface area (Å²) >= 11 is 2.78. The molecule has 2 bridgehead atoms. The van der Waals surface area contributed by atoms with Crippen LogP contribution in [0, 0.1) is 0 Å². The summed E-state index contributed by atoms with van der Waals surface area (Å²) in [6.45, 7) is -0.485. The number of fused-ring (bicyclic) bond motifs is 18. The van der Waals surface area contributed by atoms with E-state index >= 15 is 0 Å². The van der Waals surface area contributed by atoms with Crippen LogP contribution in [0.4, 0.5) is 5.69 Å². The van der Waals surface area contributed by atoms with E-state index < -0.39 is 60.2 Å². The van der Waals surface area contributed by atoms with Crippen molar-refractivity contribution in [2.75, 3.05) is 11.9 Å². The van der Waals surface area contributed by atoms with Crippen LogP contribution in [0.15, 0.2) is 59.3 Å². The van der Waals surface area contributed by atoms with Crippen molar-refractivity contribution in [3.63, 3.8) is 0 Å². The zero-order chi connectivity index (χ0) is 30.8. The van der Waals surface area contributed by atoms with Crippen LogP contribution in [-0.4, -0.2) is 65.3 Å². The van der Waals surface area contributed by atoms with Gasteiger partial charge in [0.1, 0.15) is 18.1 Å². The van der Waals surface area contributed by atoms with Gasteiger partial charge >= 0.3 is 5.97 Å². The van der Waals surface area contributed by atoms with Crippen LogP contribution in [0.5, 0.6) is 0 Å². The Morgan fingerprint density at radius 3 is 1.91 bits per heavy atom. The molecule has 12 nitrogen and oxygen atoms in total. The molecular weight excluding hydrogens is 594 g/mol. The second-order valence-electron chi connectivity index (χ2n) is 9.87. The molecule has 3 aromatic rings. The summed E-state index contributed by atoms with van der Waals surface area (Å²) in [5, 5.41) is 26.4. The number of carbonyl (C=O) groups is 6. The van der Waals surface area contributed by atoms with Crippen LogP contribution in [0.25, 0.3) is 0 Å². The molecule has 5 amide bonds. The average molecular weight is 626 g/mol. The lowest BCUT2D eigenvalue weighted by Gasteiger charge is -2.22. The fraction of sp³-hybridized carbons (Fsp3) is 0.310. The van der Waals surface area contributed by atoms with Crippen molar-refractivity contribution in [2.24, 2.45) is 0 Å². The molecular formula is C29H31N5O7S2. The molecule has 4 heterocycles. The van der Waals surface area contributed by atoms with Crippen LogP contribution in [0.2, 0.25) is 0 Å². The lowest BCUT2D eigenvalue weighted by Crippen LogP contribution is -2.55. The number of carbonyl (C=O) groups excluding carboxylic acids is 5. The number of hydrogen-bond acceptors (Lipinski definition) is 8. The van der Waals surface area contributed by atoms with Crippen molar-refractivity contribution in [1.29, 1.82) is 0 Å². The van der Waals surface area contributed by atoms with E-state index in [4.69, 9.17) is 0 Å². The maximum absolute atomic E-state index is 13.3. The van der Waals surface area contributed by atoms with Crippen LogP contribution in [-0.2, 0) is 48.0 Å². The molecule has 14 heteroatoms. The van der Waals surface area contributed by atoms with E-state index in [0.717, 1.165) is 9.75 Å². The molecule has 1 aromatic carbocycles. The summed E-state index contributed by atoms with van der Waals surface area (Å²) in [5.74, 6) is -4.17. The first kappa shape index (κ1) is 31.4. The first-order chi connectivity index (χ1) is 20.7. The average Bonchev–Trinajstić information content (AvgIpc) is 3.69. The van der Waals surface area contributed by atoms with E-state index in [1.165, 1.54) is 22.7 Å². The Hall–Kier alpha value is -4.56. The Balaban J connectivity index is 1.57. The zero-order valence-electron chi connectivity index (χ0n) is 23.0. The molecule has 3 atom stereocenters. The summed E-state index contributed by atoms with van der Waals surface area (Å²) in [6, 6.07) is 10.2. The maximum Gasteiger partial charge on any atom is 0.326 e. The minimum atomic E-state index is -1.29. The van der Waals surface area contributed by atoms with E-state index in [1.807, 2.05) is 22.9 Å². The highest BCUT2D eigenvalue weighted by Crippen LogP contribution is 2.15. The van der Waals surface area contributed by atoms with Gasteiger partial charge < -0.3 is 31.7 Å². The molecule has 0 unspecified atom stereocenters. The van der Waals surface area contributed by atoms with Gasteiger partial charge in [0.25, 0.3) is 0 Å². The molecule has 0 fully saturated rings. The molecule has 0 radical (unpaired) electrons. The molecule has 2 aliphatic heterocycles. The van der Waals surface area contributed by atoms with Crippen molar-refractivity contribution < 1.29 is 33.9 Å². The Morgan fingerprint density at radius 2 is 1.33 bits per heavy atom. The Labute approximate surface area is 255 Å². The first-order valence-electron chi connectivity index (χ1n) is 13.5. The van der Waals surface area contributed by atoms with Gasteiger partial charge in [-0.05, 0) is 40.6 Å². The molecule has 0 saturated carbocycles. The Bertz CT molecular complexity index is 1440. The summed E-state index contributed by atoms with van der Waals surface area (Å²) in [5.41, 5.74) is 1.04. The highest BCUT2D eigenvalue weighted by Gasteiger charge is 2.28. The minimum Gasteiger partial charge on any atom is -0.480 e. The van der Waals surface area contributed by atoms with E-state index in [1.54, 1.807) is 36.4 Å². The highest BCUT2D eigenvalue weighted by molar-refractivity contribution is 7.10. The number of nitrogens with one attached hydrogen (secondary N) is 5. The zero-order valence-corrected chi connectivity index (χ0v) is 24.6. The minimum absolute atomic E-state index is 0.0448. The molecule has 0 saturated heterocycles. The van der Waals surface area contributed by atoms with Crippen LogP contribution in [0.3, 0.4) is 0 Å². The quantitative estimate of drug-likeness (QED) is 0.231. The van der Waals surface area contributed by atoms with Crippen LogP contribution in [0.1, 0.15) is 28.2 Å². The third-order valence-corrected chi connectivity index (χ3v) is 8.37. The van der Waals surface area contributed by atoms with Crippen LogP contribution < -0.4 is 26.6 Å². The molecule has 5 rings (SSSR count). The number of rotatable bonds is 5. The molecule has 2 aliphatic rings. The van der Waals surface area contributed by atoms with Crippen molar-refractivity contribution in [3.8, 4) is 0 Å². The topological polar surface area (TPSA) is 183 Å². The van der Waals surface area contributed by atoms with Crippen LogP contribution >= 0.6 is 22.7 Å². The van der Waals surface area contributed by atoms with E-state index in [0.29, 0.717) is 11.3 Å². The lowest BCUT2D eigenvalue weighted by atomic mass is 10.0. The second kappa shape index (κ2) is 15.1. The molecule has 0 spiro atoms. The van der Waals surface area contributed by atoms with Crippen molar-refractivity contribution in [2.45, 2.75) is 50.2 Å². The summed E-state index contributed by atoms with van der Waals surface area (Å²) in [7, 11) is 0. The fourth-order valence-electron chi connectivity index (χ4n) is 4.36. The van der Waals surface area contributed by atoms with Gasteiger partial charge in [0, 0.05) is 47.5 Å². The third kappa shape index (κ3) is 9.75. The van der Waals surface area contributed by atoms with Gasteiger partial charge in [-0.1, -0.05) is 24.3 Å². The van der Waals surface area contributed by atoms with Gasteiger partial charge in [-0.2, -0.15) is 0 Å². The second-order valence-corrected chi connectivity index (χ2v) is 11.9. The number of benzene rings is 1. The normalized spacial score (nSPS) is 21.0. The lowest BCUT2D eigenvalue weighted by molar-refractivity contribution is -0.142. The Kier molecular flexibility index (Phi) is 11.0. The smallest absolute Gasteiger partial charge is 0.326 e. The monoisotopic (exact) mass is 625 g/mol. The number of thiophene rings is 2. The predicted octanol–water partition coefficient (Wildman–Crippen LogP) is 1.23. The van der Waals surface area contributed by atoms with Gasteiger partial charge in [-0.3, -0.25) is 24.0 Å². The third-order valence-electron chi connectivity index (χ3n) is 6.57. The standard InChI is InChI=1S/C29H31N5O7S2/c35-24-9-10-25(36)32-21(14-19-3-1-11-42-19)27(38)30-16-26(37)33-22(15-20-4-2-12-43-20)28(39)34-23(29(40)41)13-17-5-7-18(31-24)8-6-17/h1-8,11-12,21-23H,9-10,13-16H2,(H,30,38)(H,31,35)(H,32,36)(H,33,37)(H,34,39)(H,40,41)/t21-,22-,23+/m1/s1. The van der Waals surface area contributed by atoms with E-state index in [9.17, 15) is 33.9 Å². The van der Waals surface area contributed by atoms with Gasteiger partial charge in [-0.15, -0.1) is 22.7 Å². The van der Waals surface area contributed by atoms with E-state index in [2.05, 4.69) is 26.6 Å².